The van der Waals surface area contributed by atoms with Gasteiger partial charge < -0.3 is 10.4 Å². The summed E-state index contributed by atoms with van der Waals surface area (Å²) in [5.74, 6) is -0.191. The standard InChI is InChI=1S/C12H22N2O3/c1-9(2)13-11(15)5-6-14(8-12(16)17)7-10-3-4-10/h9-10H,3-8H2,1-2H3,(H,13,15)(H,16,17). The van der Waals surface area contributed by atoms with E-state index in [9.17, 15) is 9.59 Å². The van der Waals surface area contributed by atoms with Crippen molar-refractivity contribution in [2.24, 2.45) is 5.92 Å². The molecule has 1 aliphatic rings. The van der Waals surface area contributed by atoms with Gasteiger partial charge in [0, 0.05) is 25.6 Å². The van der Waals surface area contributed by atoms with Crippen molar-refractivity contribution < 1.29 is 14.7 Å². The Bertz CT molecular complexity index is 275. The fourth-order valence-corrected chi connectivity index (χ4v) is 1.75. The first-order chi connectivity index (χ1) is 7.97. The highest BCUT2D eigenvalue weighted by Crippen LogP contribution is 2.29. The summed E-state index contributed by atoms with van der Waals surface area (Å²) in [6.45, 7) is 5.20. The molecule has 1 amide bonds. The van der Waals surface area contributed by atoms with Gasteiger partial charge in [0.15, 0.2) is 0 Å². The molecule has 0 atom stereocenters. The number of carboxylic acid groups (broad SMARTS) is 1. The predicted molar refractivity (Wildman–Crippen MR) is 64.7 cm³/mol. The molecule has 0 heterocycles. The molecular formula is C12H22N2O3. The number of nitrogens with one attached hydrogen (secondary N) is 1. The lowest BCUT2D eigenvalue weighted by Gasteiger charge is -2.20. The summed E-state index contributed by atoms with van der Waals surface area (Å²) in [5.41, 5.74) is 0. The second-order valence-electron chi connectivity index (χ2n) is 5.04. The molecule has 0 aliphatic heterocycles. The quantitative estimate of drug-likeness (QED) is 0.657. The van der Waals surface area contributed by atoms with E-state index in [1.807, 2.05) is 18.7 Å². The molecule has 0 spiro atoms. The zero-order valence-electron chi connectivity index (χ0n) is 10.6. The molecule has 0 saturated heterocycles. The van der Waals surface area contributed by atoms with Gasteiger partial charge in [0.2, 0.25) is 5.91 Å². The molecule has 1 rings (SSSR count). The number of hydrogen-bond acceptors (Lipinski definition) is 3. The van der Waals surface area contributed by atoms with E-state index < -0.39 is 5.97 Å². The number of carbonyl (C=O) groups is 2. The summed E-state index contributed by atoms with van der Waals surface area (Å²) >= 11 is 0. The molecule has 1 saturated carbocycles. The van der Waals surface area contributed by atoms with Crippen LogP contribution < -0.4 is 5.32 Å². The van der Waals surface area contributed by atoms with E-state index in [4.69, 9.17) is 5.11 Å². The van der Waals surface area contributed by atoms with Crippen LogP contribution in [-0.2, 0) is 9.59 Å². The van der Waals surface area contributed by atoms with Crippen LogP contribution in [0.15, 0.2) is 0 Å². The fraction of sp³-hybridized carbons (Fsp3) is 0.833. The number of rotatable bonds is 8. The number of carboxylic acids is 1. The van der Waals surface area contributed by atoms with Crippen molar-refractivity contribution in [3.63, 3.8) is 0 Å². The molecule has 17 heavy (non-hydrogen) atoms. The fourth-order valence-electron chi connectivity index (χ4n) is 1.75. The lowest BCUT2D eigenvalue weighted by atomic mass is 10.3. The minimum atomic E-state index is -0.824. The number of amides is 1. The SMILES string of the molecule is CC(C)NC(=O)CCN(CC(=O)O)CC1CC1. The minimum absolute atomic E-state index is 0.00816. The number of aliphatic carboxylic acids is 1. The summed E-state index contributed by atoms with van der Waals surface area (Å²) in [6, 6.07) is 0.138. The van der Waals surface area contributed by atoms with Gasteiger partial charge in [-0.1, -0.05) is 0 Å². The van der Waals surface area contributed by atoms with Crippen LogP contribution in [0.25, 0.3) is 0 Å². The van der Waals surface area contributed by atoms with Gasteiger partial charge in [-0.2, -0.15) is 0 Å². The molecule has 5 nitrogen and oxygen atoms in total. The zero-order chi connectivity index (χ0) is 12.8. The average Bonchev–Trinajstić information content (AvgIpc) is 2.96. The highest BCUT2D eigenvalue weighted by molar-refractivity contribution is 5.76. The van der Waals surface area contributed by atoms with Gasteiger partial charge in [-0.3, -0.25) is 14.5 Å². The summed E-state index contributed by atoms with van der Waals surface area (Å²) < 4.78 is 0. The van der Waals surface area contributed by atoms with Crippen molar-refractivity contribution in [1.29, 1.82) is 0 Å². The largest absolute Gasteiger partial charge is 0.480 e. The first kappa shape index (κ1) is 14.0. The second kappa shape index (κ2) is 6.59. The van der Waals surface area contributed by atoms with E-state index >= 15 is 0 Å². The van der Waals surface area contributed by atoms with Crippen molar-refractivity contribution >= 4 is 11.9 Å². The third-order valence-corrected chi connectivity index (χ3v) is 2.68. The maximum absolute atomic E-state index is 11.5. The molecular weight excluding hydrogens is 220 g/mol. The van der Waals surface area contributed by atoms with Crippen LogP contribution in [0, 0.1) is 5.92 Å². The summed E-state index contributed by atoms with van der Waals surface area (Å²) in [7, 11) is 0. The van der Waals surface area contributed by atoms with Crippen LogP contribution in [0.3, 0.4) is 0 Å². The van der Waals surface area contributed by atoms with Crippen LogP contribution in [0.1, 0.15) is 33.1 Å². The lowest BCUT2D eigenvalue weighted by molar-refractivity contribution is -0.138. The molecule has 0 aromatic heterocycles. The van der Waals surface area contributed by atoms with Gasteiger partial charge in [-0.15, -0.1) is 0 Å². The topological polar surface area (TPSA) is 69.6 Å². The Morgan fingerprint density at radius 1 is 1.41 bits per heavy atom. The molecule has 5 heteroatoms. The van der Waals surface area contributed by atoms with E-state index in [0.717, 1.165) is 6.54 Å². The highest BCUT2D eigenvalue weighted by atomic mass is 16.4. The van der Waals surface area contributed by atoms with Gasteiger partial charge in [0.1, 0.15) is 0 Å². The first-order valence-corrected chi connectivity index (χ1v) is 6.21. The van der Waals surface area contributed by atoms with Crippen LogP contribution in [0.2, 0.25) is 0 Å². The average molecular weight is 242 g/mol. The van der Waals surface area contributed by atoms with Crippen LogP contribution in [0.4, 0.5) is 0 Å². The molecule has 0 aromatic carbocycles. The Hall–Kier alpha value is -1.10. The van der Waals surface area contributed by atoms with Crippen molar-refractivity contribution in [3.05, 3.63) is 0 Å². The normalized spacial score (nSPS) is 15.3. The highest BCUT2D eigenvalue weighted by Gasteiger charge is 2.25. The van der Waals surface area contributed by atoms with Crippen molar-refractivity contribution in [2.75, 3.05) is 19.6 Å². The number of nitrogens with zero attached hydrogens (tertiary/aromatic N) is 1. The molecule has 0 radical (unpaired) electrons. The Labute approximate surface area is 102 Å². The Morgan fingerprint density at radius 3 is 2.53 bits per heavy atom. The van der Waals surface area contributed by atoms with Crippen LogP contribution in [-0.4, -0.2) is 47.6 Å². The van der Waals surface area contributed by atoms with Gasteiger partial charge in [-0.05, 0) is 32.6 Å². The smallest absolute Gasteiger partial charge is 0.317 e. The van der Waals surface area contributed by atoms with E-state index in [0.29, 0.717) is 18.9 Å². The predicted octanol–water partition coefficient (Wildman–Crippen LogP) is 0.698. The Balaban J connectivity index is 2.26. The van der Waals surface area contributed by atoms with Crippen LogP contribution in [0.5, 0.6) is 0 Å². The monoisotopic (exact) mass is 242 g/mol. The van der Waals surface area contributed by atoms with Crippen LogP contribution >= 0.6 is 0 Å². The second-order valence-corrected chi connectivity index (χ2v) is 5.04. The Kier molecular flexibility index (Phi) is 5.41. The minimum Gasteiger partial charge on any atom is -0.480 e. The van der Waals surface area contributed by atoms with Gasteiger partial charge in [0.05, 0.1) is 6.54 Å². The van der Waals surface area contributed by atoms with Gasteiger partial charge in [-0.25, -0.2) is 0 Å². The third kappa shape index (κ3) is 6.94. The van der Waals surface area contributed by atoms with Gasteiger partial charge >= 0.3 is 5.97 Å². The molecule has 1 aliphatic carbocycles. The maximum atomic E-state index is 11.5. The van der Waals surface area contributed by atoms with Crippen molar-refractivity contribution in [2.45, 2.75) is 39.2 Å². The maximum Gasteiger partial charge on any atom is 0.317 e. The molecule has 0 aromatic rings. The van der Waals surface area contributed by atoms with E-state index in [1.54, 1.807) is 0 Å². The van der Waals surface area contributed by atoms with Crippen molar-refractivity contribution in [3.8, 4) is 0 Å². The van der Waals surface area contributed by atoms with Gasteiger partial charge in [0.25, 0.3) is 0 Å². The number of hydrogen-bond donors (Lipinski definition) is 2. The number of carbonyl (C=O) groups excluding carboxylic acids is 1. The molecule has 2 N–H and O–H groups in total. The summed E-state index contributed by atoms with van der Waals surface area (Å²) in [4.78, 5) is 24.0. The van der Waals surface area contributed by atoms with E-state index in [1.165, 1.54) is 12.8 Å². The summed E-state index contributed by atoms with van der Waals surface area (Å²) in [6.07, 6.45) is 2.75. The zero-order valence-corrected chi connectivity index (χ0v) is 10.6. The lowest BCUT2D eigenvalue weighted by Crippen LogP contribution is -2.37. The van der Waals surface area contributed by atoms with Crippen molar-refractivity contribution in [1.82, 2.24) is 10.2 Å². The molecule has 0 bridgehead atoms. The van der Waals surface area contributed by atoms with E-state index in [-0.39, 0.29) is 18.5 Å². The summed E-state index contributed by atoms with van der Waals surface area (Å²) in [5, 5.41) is 11.6. The van der Waals surface area contributed by atoms with E-state index in [2.05, 4.69) is 5.32 Å². The Morgan fingerprint density at radius 2 is 2.06 bits per heavy atom. The third-order valence-electron chi connectivity index (χ3n) is 2.68. The molecule has 98 valence electrons. The molecule has 1 fully saturated rings. The first-order valence-electron chi connectivity index (χ1n) is 6.21. The molecule has 0 unspecified atom stereocenters.